The third-order valence-electron chi connectivity index (χ3n) is 7.87. The highest BCUT2D eigenvalue weighted by molar-refractivity contribution is 5.94. The van der Waals surface area contributed by atoms with Crippen molar-refractivity contribution in [1.82, 2.24) is 15.2 Å². The highest BCUT2D eigenvalue weighted by Gasteiger charge is 2.46. The molecule has 35 heavy (non-hydrogen) atoms. The number of aromatic nitrogens is 1. The number of phenolic OH excluding ortho intramolecular Hbond substituents is 1. The van der Waals surface area contributed by atoms with Crippen molar-refractivity contribution in [3.63, 3.8) is 0 Å². The fraction of sp³-hybridized carbons (Fsp3) is 0.571. The zero-order valence-corrected chi connectivity index (χ0v) is 21.4. The number of nitrogens with one attached hydrogen (secondary N) is 2. The Morgan fingerprint density at radius 2 is 2.09 bits per heavy atom. The van der Waals surface area contributed by atoms with Crippen LogP contribution in [0.1, 0.15) is 65.9 Å². The number of fused-ring (bicyclic) bond motifs is 1. The van der Waals surface area contributed by atoms with E-state index in [-0.39, 0.29) is 28.8 Å². The number of phenols is 1. The molecule has 1 amide bonds. The first-order chi connectivity index (χ1) is 16.6. The molecule has 1 saturated heterocycles. The summed E-state index contributed by atoms with van der Waals surface area (Å²) in [7, 11) is 2.06. The second-order valence-electron chi connectivity index (χ2n) is 11.1. The van der Waals surface area contributed by atoms with Crippen LogP contribution < -0.4 is 10.9 Å². The molecule has 1 aliphatic carbocycles. The molecule has 3 unspecified atom stereocenters. The smallest absolute Gasteiger partial charge is 0.261 e. The van der Waals surface area contributed by atoms with Crippen molar-refractivity contribution in [2.45, 2.75) is 70.9 Å². The molecular formula is C28H39N3O4. The van der Waals surface area contributed by atoms with E-state index in [4.69, 9.17) is 0 Å². The van der Waals surface area contributed by atoms with Gasteiger partial charge in [0.15, 0.2) is 0 Å². The number of benzene rings is 1. The number of pyridine rings is 1. The van der Waals surface area contributed by atoms with Gasteiger partial charge in [-0.3, -0.25) is 9.59 Å². The molecule has 0 radical (unpaired) electrons. The number of hydrogen-bond donors (Lipinski definition) is 4. The van der Waals surface area contributed by atoms with Crippen LogP contribution in [-0.4, -0.2) is 57.8 Å². The predicted molar refractivity (Wildman–Crippen MR) is 137 cm³/mol. The van der Waals surface area contributed by atoms with Crippen molar-refractivity contribution in [3.05, 3.63) is 62.6 Å². The van der Waals surface area contributed by atoms with E-state index in [9.17, 15) is 19.8 Å². The molecule has 1 fully saturated rings. The molecule has 1 aromatic carbocycles. The predicted octanol–water partition coefficient (Wildman–Crippen LogP) is 2.95. The molecule has 2 aliphatic rings. The number of amides is 1. The molecule has 0 saturated carbocycles. The molecule has 4 rings (SSSR count). The minimum absolute atomic E-state index is 0.00601. The molecule has 0 bridgehead atoms. The number of aromatic hydroxyl groups is 1. The van der Waals surface area contributed by atoms with Gasteiger partial charge in [-0.15, -0.1) is 0 Å². The maximum absolute atomic E-state index is 12.7. The third kappa shape index (κ3) is 5.62. The number of nitrogens with zero attached hydrogens (tertiary/aromatic N) is 1. The Bertz CT molecular complexity index is 1140. The largest absolute Gasteiger partial charge is 0.508 e. The van der Waals surface area contributed by atoms with E-state index in [0.717, 1.165) is 42.6 Å². The normalized spacial score (nSPS) is 24.5. The number of aliphatic hydroxyl groups is 1. The number of carbonyl (C=O) groups excluding carboxylic acids is 1. The van der Waals surface area contributed by atoms with Crippen LogP contribution in [0.25, 0.3) is 0 Å². The van der Waals surface area contributed by atoms with E-state index >= 15 is 0 Å². The summed E-state index contributed by atoms with van der Waals surface area (Å²) in [5.41, 5.74) is 2.83. The molecule has 0 spiro atoms. The Labute approximate surface area is 207 Å². The molecular weight excluding hydrogens is 442 g/mol. The van der Waals surface area contributed by atoms with Gasteiger partial charge in [0.25, 0.3) is 11.5 Å². The summed E-state index contributed by atoms with van der Waals surface area (Å²) >= 11 is 0. The Morgan fingerprint density at radius 1 is 1.31 bits per heavy atom. The number of rotatable bonds is 7. The van der Waals surface area contributed by atoms with Crippen LogP contribution in [0.5, 0.6) is 5.75 Å². The number of H-pyrrole nitrogens is 1. The van der Waals surface area contributed by atoms with Crippen molar-refractivity contribution in [3.8, 4) is 5.75 Å². The first-order valence-corrected chi connectivity index (χ1v) is 12.8. The fourth-order valence-electron chi connectivity index (χ4n) is 5.85. The van der Waals surface area contributed by atoms with Gasteiger partial charge < -0.3 is 25.4 Å². The van der Waals surface area contributed by atoms with Crippen molar-refractivity contribution in [2.24, 2.45) is 11.8 Å². The van der Waals surface area contributed by atoms with Crippen LogP contribution >= 0.6 is 0 Å². The zero-order valence-electron chi connectivity index (χ0n) is 21.4. The molecule has 1 aromatic heterocycles. The van der Waals surface area contributed by atoms with Gasteiger partial charge >= 0.3 is 0 Å². The van der Waals surface area contributed by atoms with Gasteiger partial charge in [-0.25, -0.2) is 0 Å². The van der Waals surface area contributed by atoms with Gasteiger partial charge in [0.1, 0.15) is 11.3 Å². The number of likely N-dealkylation sites (tertiary alicyclic amines) is 1. The number of carbonyl (C=O) groups is 1. The van der Waals surface area contributed by atoms with Gasteiger partial charge in [0, 0.05) is 31.2 Å². The zero-order chi connectivity index (χ0) is 25.3. The standard InChI is InChI=1S/C28H39N3O4/c1-17(2)8-10-29-26(33)23-14-21-15-28(35,9-7-24(21)30-27(23)34)25-12-19(16-31(25)4)11-20-13-22(32)6-5-18(20)3/h5-6,13-14,17,19,25,32,35H,7-12,15-16H2,1-4H3,(H,29,33)(H,30,34). The van der Waals surface area contributed by atoms with Crippen LogP contribution in [0, 0.1) is 18.8 Å². The van der Waals surface area contributed by atoms with Crippen molar-refractivity contribution < 1.29 is 15.0 Å². The molecule has 7 heteroatoms. The Balaban J connectivity index is 1.48. The Kier molecular flexibility index (Phi) is 7.38. The highest BCUT2D eigenvalue weighted by Crippen LogP contribution is 2.39. The van der Waals surface area contributed by atoms with Crippen molar-refractivity contribution in [1.29, 1.82) is 0 Å². The number of aryl methyl sites for hydroxylation is 2. The summed E-state index contributed by atoms with van der Waals surface area (Å²) < 4.78 is 0. The lowest BCUT2D eigenvalue weighted by Crippen LogP contribution is -2.52. The molecule has 2 aromatic rings. The lowest BCUT2D eigenvalue weighted by atomic mass is 9.76. The van der Waals surface area contributed by atoms with Gasteiger partial charge in [-0.05, 0) is 92.8 Å². The van der Waals surface area contributed by atoms with E-state index in [0.29, 0.717) is 37.6 Å². The Hall–Kier alpha value is -2.64. The van der Waals surface area contributed by atoms with Crippen LogP contribution in [-0.2, 0) is 19.3 Å². The first kappa shape index (κ1) is 25.5. The van der Waals surface area contributed by atoms with Crippen molar-refractivity contribution in [2.75, 3.05) is 20.1 Å². The summed E-state index contributed by atoms with van der Waals surface area (Å²) in [5.74, 6) is 0.780. The van der Waals surface area contributed by atoms with E-state index in [1.165, 1.54) is 5.56 Å². The van der Waals surface area contributed by atoms with Gasteiger partial charge in [-0.2, -0.15) is 0 Å². The van der Waals surface area contributed by atoms with Crippen LogP contribution in [0.2, 0.25) is 0 Å². The van der Waals surface area contributed by atoms with E-state index in [2.05, 4.69) is 43.0 Å². The second kappa shape index (κ2) is 10.2. The monoisotopic (exact) mass is 481 g/mol. The Morgan fingerprint density at radius 3 is 2.83 bits per heavy atom. The summed E-state index contributed by atoms with van der Waals surface area (Å²) in [6, 6.07) is 7.19. The average Bonchev–Trinajstić information content (AvgIpc) is 3.16. The summed E-state index contributed by atoms with van der Waals surface area (Å²) in [5, 5.41) is 24.6. The fourth-order valence-corrected chi connectivity index (χ4v) is 5.85. The van der Waals surface area contributed by atoms with Gasteiger partial charge in [0.2, 0.25) is 0 Å². The van der Waals surface area contributed by atoms with Crippen LogP contribution in [0.4, 0.5) is 0 Å². The highest BCUT2D eigenvalue weighted by atomic mass is 16.3. The lowest BCUT2D eigenvalue weighted by Gasteiger charge is -2.41. The van der Waals surface area contributed by atoms with E-state index in [1.807, 2.05) is 12.1 Å². The minimum Gasteiger partial charge on any atom is -0.508 e. The van der Waals surface area contributed by atoms with Crippen LogP contribution in [0.3, 0.4) is 0 Å². The average molecular weight is 482 g/mol. The molecule has 7 nitrogen and oxygen atoms in total. The van der Waals surface area contributed by atoms with E-state index < -0.39 is 5.60 Å². The quantitative estimate of drug-likeness (QED) is 0.487. The summed E-state index contributed by atoms with van der Waals surface area (Å²) in [6.45, 7) is 7.66. The number of hydrogen-bond acceptors (Lipinski definition) is 5. The topological polar surface area (TPSA) is 106 Å². The molecule has 2 heterocycles. The second-order valence-corrected chi connectivity index (χ2v) is 11.1. The summed E-state index contributed by atoms with van der Waals surface area (Å²) in [4.78, 5) is 30.4. The molecule has 1 aliphatic heterocycles. The third-order valence-corrected chi connectivity index (χ3v) is 7.87. The first-order valence-electron chi connectivity index (χ1n) is 12.8. The summed E-state index contributed by atoms with van der Waals surface area (Å²) in [6.07, 6.45) is 4.15. The van der Waals surface area contributed by atoms with E-state index in [1.54, 1.807) is 12.1 Å². The lowest BCUT2D eigenvalue weighted by molar-refractivity contribution is -0.0380. The minimum atomic E-state index is -0.923. The van der Waals surface area contributed by atoms with Gasteiger partial charge in [-0.1, -0.05) is 19.9 Å². The van der Waals surface area contributed by atoms with Crippen molar-refractivity contribution >= 4 is 5.91 Å². The SMILES string of the molecule is Cc1ccc(O)cc1CC1CC(C2(O)CCc3[nH]c(=O)c(C(=O)NCCC(C)C)cc3C2)N(C)C1. The maximum atomic E-state index is 12.7. The molecule has 4 N–H and O–H groups in total. The molecule has 3 atom stereocenters. The molecule has 190 valence electrons. The van der Waals surface area contributed by atoms with Crippen LogP contribution in [0.15, 0.2) is 29.1 Å². The number of likely N-dealkylation sites (N-methyl/N-ethyl adjacent to an activating group) is 1. The maximum Gasteiger partial charge on any atom is 0.261 e. The number of aromatic amines is 1. The van der Waals surface area contributed by atoms with Gasteiger partial charge in [0.05, 0.1) is 5.60 Å².